The molecule has 8 heteroatoms. The SMILES string of the molecule is CN=C(NCCSc1ccccc1)NCC(Cc1ccc(F)cc1)C(N)=O.I. The van der Waals surface area contributed by atoms with Crippen molar-refractivity contribution in [2.45, 2.75) is 11.3 Å². The average molecular weight is 516 g/mol. The van der Waals surface area contributed by atoms with Gasteiger partial charge >= 0.3 is 0 Å². The molecular weight excluding hydrogens is 490 g/mol. The van der Waals surface area contributed by atoms with Crippen LogP contribution in [0.3, 0.4) is 0 Å². The topological polar surface area (TPSA) is 79.5 Å². The van der Waals surface area contributed by atoms with E-state index in [0.717, 1.165) is 17.9 Å². The lowest BCUT2D eigenvalue weighted by Gasteiger charge is -2.17. The minimum atomic E-state index is -0.410. The molecule has 0 bridgehead atoms. The first kappa shape index (κ1) is 24.2. The maximum Gasteiger partial charge on any atom is 0.222 e. The molecule has 0 fully saturated rings. The zero-order valence-electron chi connectivity index (χ0n) is 15.7. The highest BCUT2D eigenvalue weighted by Gasteiger charge is 2.16. The number of amides is 1. The maximum absolute atomic E-state index is 13.0. The fourth-order valence-corrected chi connectivity index (χ4v) is 3.26. The molecule has 0 radical (unpaired) electrons. The number of hydrogen-bond donors (Lipinski definition) is 3. The molecule has 0 aliphatic heterocycles. The summed E-state index contributed by atoms with van der Waals surface area (Å²) in [6, 6.07) is 16.3. The third-order valence-electron chi connectivity index (χ3n) is 3.94. The molecule has 0 saturated carbocycles. The number of nitrogens with two attached hydrogens (primary N) is 1. The van der Waals surface area contributed by atoms with Crippen LogP contribution in [-0.2, 0) is 11.2 Å². The van der Waals surface area contributed by atoms with Gasteiger partial charge in [-0.15, -0.1) is 35.7 Å². The van der Waals surface area contributed by atoms with Gasteiger partial charge in [-0.25, -0.2) is 4.39 Å². The Morgan fingerprint density at radius 3 is 2.43 bits per heavy atom. The summed E-state index contributed by atoms with van der Waals surface area (Å²) in [7, 11) is 1.68. The van der Waals surface area contributed by atoms with Crippen LogP contribution in [0.4, 0.5) is 4.39 Å². The van der Waals surface area contributed by atoms with Crippen molar-refractivity contribution >= 4 is 47.6 Å². The quantitative estimate of drug-likeness (QED) is 0.158. The molecule has 2 rings (SSSR count). The minimum absolute atomic E-state index is 0. The molecule has 0 aliphatic rings. The summed E-state index contributed by atoms with van der Waals surface area (Å²) in [5.41, 5.74) is 6.38. The zero-order valence-corrected chi connectivity index (χ0v) is 18.9. The Balaban J connectivity index is 0.00000392. The normalized spacial score (nSPS) is 12.0. The number of carbonyl (C=O) groups is 1. The molecule has 2 aromatic carbocycles. The average Bonchev–Trinajstić information content (AvgIpc) is 2.68. The molecule has 4 N–H and O–H groups in total. The molecule has 0 aliphatic carbocycles. The Bertz CT molecular complexity index is 744. The van der Waals surface area contributed by atoms with Crippen LogP contribution in [0.15, 0.2) is 64.5 Å². The fourth-order valence-electron chi connectivity index (χ4n) is 2.47. The number of carbonyl (C=O) groups excluding carboxylic acids is 1. The van der Waals surface area contributed by atoms with Gasteiger partial charge in [0.25, 0.3) is 0 Å². The first-order valence-corrected chi connectivity index (χ1v) is 9.73. The number of primary amides is 1. The number of guanidine groups is 1. The van der Waals surface area contributed by atoms with Crippen molar-refractivity contribution in [2.75, 3.05) is 25.9 Å². The second kappa shape index (κ2) is 13.4. The highest BCUT2D eigenvalue weighted by molar-refractivity contribution is 14.0. The monoisotopic (exact) mass is 516 g/mol. The number of hydrogen-bond acceptors (Lipinski definition) is 3. The van der Waals surface area contributed by atoms with Gasteiger partial charge in [-0.05, 0) is 36.2 Å². The largest absolute Gasteiger partial charge is 0.369 e. The van der Waals surface area contributed by atoms with Crippen molar-refractivity contribution in [3.05, 3.63) is 66.0 Å². The minimum Gasteiger partial charge on any atom is -0.369 e. The van der Waals surface area contributed by atoms with Crippen molar-refractivity contribution in [1.29, 1.82) is 0 Å². The van der Waals surface area contributed by atoms with Crippen LogP contribution in [0.5, 0.6) is 0 Å². The van der Waals surface area contributed by atoms with Crippen molar-refractivity contribution in [2.24, 2.45) is 16.6 Å². The standard InChI is InChI=1S/C20H25FN4OS.HI/c1-23-20(24-11-12-27-18-5-3-2-4-6-18)25-14-16(19(22)26)13-15-7-9-17(21)10-8-15;/h2-10,16H,11-14H2,1H3,(H2,22,26)(H2,23,24,25);1H. The Hall–Kier alpha value is -1.81. The molecule has 0 heterocycles. The molecule has 0 aromatic heterocycles. The van der Waals surface area contributed by atoms with Crippen LogP contribution in [0, 0.1) is 11.7 Å². The molecule has 152 valence electrons. The lowest BCUT2D eigenvalue weighted by molar-refractivity contribution is -0.121. The van der Waals surface area contributed by atoms with E-state index < -0.39 is 11.8 Å². The summed E-state index contributed by atoms with van der Waals surface area (Å²) in [6.45, 7) is 1.09. The smallest absolute Gasteiger partial charge is 0.222 e. The lowest BCUT2D eigenvalue weighted by Crippen LogP contribution is -2.43. The molecule has 2 aromatic rings. The van der Waals surface area contributed by atoms with Crippen LogP contribution >= 0.6 is 35.7 Å². The van der Waals surface area contributed by atoms with E-state index in [1.54, 1.807) is 30.9 Å². The van der Waals surface area contributed by atoms with E-state index in [2.05, 4.69) is 27.8 Å². The second-order valence-electron chi connectivity index (χ2n) is 5.97. The first-order valence-electron chi connectivity index (χ1n) is 8.74. The summed E-state index contributed by atoms with van der Waals surface area (Å²) in [6.07, 6.45) is 0.448. The van der Waals surface area contributed by atoms with Crippen molar-refractivity contribution < 1.29 is 9.18 Å². The highest BCUT2D eigenvalue weighted by atomic mass is 127. The molecule has 1 unspecified atom stereocenters. The van der Waals surface area contributed by atoms with E-state index >= 15 is 0 Å². The third kappa shape index (κ3) is 8.92. The Morgan fingerprint density at radius 2 is 1.82 bits per heavy atom. The summed E-state index contributed by atoms with van der Waals surface area (Å²) >= 11 is 1.76. The molecule has 5 nitrogen and oxygen atoms in total. The van der Waals surface area contributed by atoms with Crippen molar-refractivity contribution in [3.8, 4) is 0 Å². The second-order valence-corrected chi connectivity index (χ2v) is 7.14. The Kier molecular flexibility index (Phi) is 11.6. The number of rotatable bonds is 9. The van der Waals surface area contributed by atoms with Gasteiger partial charge in [-0.3, -0.25) is 9.79 Å². The van der Waals surface area contributed by atoms with Gasteiger partial charge in [0.05, 0.1) is 5.92 Å². The maximum atomic E-state index is 13.0. The zero-order chi connectivity index (χ0) is 19.5. The number of aliphatic imine (C=N–C) groups is 1. The van der Waals surface area contributed by atoms with Gasteiger partial charge in [0.2, 0.25) is 5.91 Å². The van der Waals surface area contributed by atoms with E-state index in [1.165, 1.54) is 17.0 Å². The fraction of sp³-hybridized carbons (Fsp3) is 0.300. The number of benzene rings is 2. The molecule has 28 heavy (non-hydrogen) atoms. The van der Waals surface area contributed by atoms with E-state index in [9.17, 15) is 9.18 Å². The van der Waals surface area contributed by atoms with Gasteiger partial charge in [-0.1, -0.05) is 30.3 Å². The van der Waals surface area contributed by atoms with Gasteiger partial charge in [-0.2, -0.15) is 0 Å². The highest BCUT2D eigenvalue weighted by Crippen LogP contribution is 2.15. The number of nitrogens with zero attached hydrogens (tertiary/aromatic N) is 1. The number of nitrogens with one attached hydrogen (secondary N) is 2. The Labute approximate surface area is 186 Å². The Morgan fingerprint density at radius 1 is 1.14 bits per heavy atom. The van der Waals surface area contributed by atoms with Crippen molar-refractivity contribution in [3.63, 3.8) is 0 Å². The van der Waals surface area contributed by atoms with Crippen LogP contribution in [-0.4, -0.2) is 37.8 Å². The number of halogens is 2. The first-order chi connectivity index (χ1) is 13.1. The van der Waals surface area contributed by atoms with Crippen LogP contribution in [0.2, 0.25) is 0 Å². The van der Waals surface area contributed by atoms with E-state index in [4.69, 9.17) is 5.73 Å². The summed E-state index contributed by atoms with van der Waals surface area (Å²) < 4.78 is 13.0. The summed E-state index contributed by atoms with van der Waals surface area (Å²) in [5.74, 6) is 0.397. The van der Waals surface area contributed by atoms with Gasteiger partial charge in [0.15, 0.2) is 5.96 Å². The van der Waals surface area contributed by atoms with Crippen LogP contribution < -0.4 is 16.4 Å². The predicted molar refractivity (Wildman–Crippen MR) is 125 cm³/mol. The predicted octanol–water partition coefficient (Wildman–Crippen LogP) is 3.05. The van der Waals surface area contributed by atoms with E-state index in [0.29, 0.717) is 18.9 Å². The molecule has 1 amide bonds. The molecule has 0 saturated heterocycles. The molecular formula is C20H26FIN4OS. The summed E-state index contributed by atoms with van der Waals surface area (Å²) in [5, 5.41) is 6.36. The van der Waals surface area contributed by atoms with Crippen molar-refractivity contribution in [1.82, 2.24) is 10.6 Å². The number of thioether (sulfide) groups is 1. The van der Waals surface area contributed by atoms with E-state index in [1.807, 2.05) is 18.2 Å². The van der Waals surface area contributed by atoms with Gasteiger partial charge in [0, 0.05) is 30.8 Å². The summed E-state index contributed by atoms with van der Waals surface area (Å²) in [4.78, 5) is 17.1. The molecule has 0 spiro atoms. The lowest BCUT2D eigenvalue weighted by atomic mass is 9.98. The van der Waals surface area contributed by atoms with Crippen LogP contribution in [0.1, 0.15) is 5.56 Å². The van der Waals surface area contributed by atoms with Gasteiger partial charge < -0.3 is 16.4 Å². The third-order valence-corrected chi connectivity index (χ3v) is 4.96. The van der Waals surface area contributed by atoms with Crippen LogP contribution in [0.25, 0.3) is 0 Å². The molecule has 1 atom stereocenters. The van der Waals surface area contributed by atoms with E-state index in [-0.39, 0.29) is 29.8 Å². The van der Waals surface area contributed by atoms with Gasteiger partial charge in [0.1, 0.15) is 5.82 Å².